The maximum Gasteiger partial charge on any atom is 0.107 e. The zero-order chi connectivity index (χ0) is 10.6. The molecule has 0 saturated heterocycles. The Bertz CT molecular complexity index is 290. The van der Waals surface area contributed by atoms with Crippen LogP contribution < -0.4 is 5.73 Å². The molecule has 0 radical (unpaired) electrons. The SMILES string of the molecule is NCc1cccc(C(O)C(O)CO)c1. The summed E-state index contributed by atoms with van der Waals surface area (Å²) in [5, 5.41) is 27.4. The van der Waals surface area contributed by atoms with Crippen molar-refractivity contribution in [1.82, 2.24) is 0 Å². The molecule has 14 heavy (non-hydrogen) atoms. The van der Waals surface area contributed by atoms with Crippen LogP contribution in [-0.4, -0.2) is 28.0 Å². The molecule has 0 aliphatic heterocycles. The van der Waals surface area contributed by atoms with E-state index in [2.05, 4.69) is 0 Å². The van der Waals surface area contributed by atoms with Gasteiger partial charge in [0.2, 0.25) is 0 Å². The third-order valence-electron chi connectivity index (χ3n) is 2.08. The molecule has 0 amide bonds. The van der Waals surface area contributed by atoms with Gasteiger partial charge >= 0.3 is 0 Å². The van der Waals surface area contributed by atoms with Crippen molar-refractivity contribution < 1.29 is 15.3 Å². The number of hydrogen-bond acceptors (Lipinski definition) is 4. The van der Waals surface area contributed by atoms with Gasteiger partial charge in [0.25, 0.3) is 0 Å². The van der Waals surface area contributed by atoms with Crippen LogP contribution in [0.5, 0.6) is 0 Å². The molecule has 0 bridgehead atoms. The van der Waals surface area contributed by atoms with Crippen LogP contribution in [0.15, 0.2) is 24.3 Å². The van der Waals surface area contributed by atoms with Gasteiger partial charge in [0, 0.05) is 6.54 Å². The van der Waals surface area contributed by atoms with E-state index in [-0.39, 0.29) is 0 Å². The fourth-order valence-electron chi connectivity index (χ4n) is 1.23. The number of rotatable bonds is 4. The highest BCUT2D eigenvalue weighted by atomic mass is 16.4. The Labute approximate surface area is 82.6 Å². The average Bonchev–Trinajstić information content (AvgIpc) is 2.27. The molecule has 1 aromatic rings. The molecule has 2 unspecified atom stereocenters. The third kappa shape index (κ3) is 2.52. The van der Waals surface area contributed by atoms with Crippen molar-refractivity contribution in [3.8, 4) is 0 Å². The molecule has 5 N–H and O–H groups in total. The van der Waals surface area contributed by atoms with Crippen molar-refractivity contribution in [2.45, 2.75) is 18.8 Å². The minimum Gasteiger partial charge on any atom is -0.394 e. The second kappa shape index (κ2) is 5.07. The molecule has 2 atom stereocenters. The minimum atomic E-state index is -1.15. The highest BCUT2D eigenvalue weighted by Gasteiger charge is 2.16. The van der Waals surface area contributed by atoms with Crippen LogP contribution in [0.4, 0.5) is 0 Å². The van der Waals surface area contributed by atoms with E-state index in [0.717, 1.165) is 5.56 Å². The molecule has 0 aromatic heterocycles. The lowest BCUT2D eigenvalue weighted by Crippen LogP contribution is -2.22. The molecular formula is C10H15NO3. The Hall–Kier alpha value is -0.940. The highest BCUT2D eigenvalue weighted by Crippen LogP contribution is 2.17. The van der Waals surface area contributed by atoms with Gasteiger partial charge < -0.3 is 21.1 Å². The second-order valence-electron chi connectivity index (χ2n) is 3.14. The van der Waals surface area contributed by atoms with E-state index in [9.17, 15) is 10.2 Å². The monoisotopic (exact) mass is 197 g/mol. The first kappa shape index (κ1) is 11.1. The van der Waals surface area contributed by atoms with Crippen molar-refractivity contribution >= 4 is 0 Å². The van der Waals surface area contributed by atoms with Gasteiger partial charge in [-0.2, -0.15) is 0 Å². The molecule has 0 fully saturated rings. The van der Waals surface area contributed by atoms with Crippen molar-refractivity contribution in [3.63, 3.8) is 0 Å². The van der Waals surface area contributed by atoms with E-state index in [1.807, 2.05) is 6.07 Å². The van der Waals surface area contributed by atoms with Gasteiger partial charge in [0.1, 0.15) is 12.2 Å². The quantitative estimate of drug-likeness (QED) is 0.525. The maximum atomic E-state index is 9.56. The Morgan fingerprint density at radius 2 is 2.00 bits per heavy atom. The summed E-state index contributed by atoms with van der Waals surface area (Å²) in [6, 6.07) is 6.98. The van der Waals surface area contributed by atoms with Gasteiger partial charge in [-0.05, 0) is 11.1 Å². The molecule has 0 aliphatic carbocycles. The Morgan fingerprint density at radius 3 is 2.57 bits per heavy atom. The van der Waals surface area contributed by atoms with E-state index in [4.69, 9.17) is 10.8 Å². The molecule has 0 spiro atoms. The van der Waals surface area contributed by atoms with Crippen molar-refractivity contribution in [2.24, 2.45) is 5.73 Å². The molecule has 1 aromatic carbocycles. The van der Waals surface area contributed by atoms with Crippen LogP contribution in [0.3, 0.4) is 0 Å². The fourth-order valence-corrected chi connectivity index (χ4v) is 1.23. The second-order valence-corrected chi connectivity index (χ2v) is 3.14. The third-order valence-corrected chi connectivity index (χ3v) is 2.08. The molecule has 0 saturated carbocycles. The minimum absolute atomic E-state index is 0.385. The van der Waals surface area contributed by atoms with Crippen molar-refractivity contribution in [3.05, 3.63) is 35.4 Å². The smallest absolute Gasteiger partial charge is 0.107 e. The van der Waals surface area contributed by atoms with Gasteiger partial charge in [0.15, 0.2) is 0 Å². The Balaban J connectivity index is 2.83. The van der Waals surface area contributed by atoms with Crippen LogP contribution >= 0.6 is 0 Å². The van der Waals surface area contributed by atoms with Crippen LogP contribution in [0, 0.1) is 0 Å². The summed E-state index contributed by atoms with van der Waals surface area (Å²) in [6.07, 6.45) is -2.21. The van der Waals surface area contributed by atoms with Crippen molar-refractivity contribution in [1.29, 1.82) is 0 Å². The topological polar surface area (TPSA) is 86.7 Å². The number of benzene rings is 1. The van der Waals surface area contributed by atoms with E-state index in [1.165, 1.54) is 0 Å². The van der Waals surface area contributed by atoms with Crippen LogP contribution in [0.1, 0.15) is 17.2 Å². The van der Waals surface area contributed by atoms with Crippen LogP contribution in [0.2, 0.25) is 0 Å². The molecule has 0 heterocycles. The van der Waals surface area contributed by atoms with E-state index in [0.29, 0.717) is 12.1 Å². The van der Waals surface area contributed by atoms with E-state index >= 15 is 0 Å². The Kier molecular flexibility index (Phi) is 4.03. The first-order valence-corrected chi connectivity index (χ1v) is 4.45. The molecular weight excluding hydrogens is 182 g/mol. The van der Waals surface area contributed by atoms with Gasteiger partial charge in [-0.25, -0.2) is 0 Å². The van der Waals surface area contributed by atoms with Gasteiger partial charge in [0.05, 0.1) is 6.61 Å². The average molecular weight is 197 g/mol. The summed E-state index contributed by atoms with van der Waals surface area (Å²) in [4.78, 5) is 0. The number of nitrogens with two attached hydrogens (primary N) is 1. The molecule has 1 rings (SSSR count). The van der Waals surface area contributed by atoms with E-state index < -0.39 is 18.8 Å². The lowest BCUT2D eigenvalue weighted by Gasteiger charge is -2.16. The lowest BCUT2D eigenvalue weighted by molar-refractivity contribution is -0.0152. The van der Waals surface area contributed by atoms with Crippen molar-refractivity contribution in [2.75, 3.05) is 6.61 Å². The summed E-state index contributed by atoms with van der Waals surface area (Å²) < 4.78 is 0. The van der Waals surface area contributed by atoms with Crippen LogP contribution in [-0.2, 0) is 6.54 Å². The molecule has 4 heteroatoms. The van der Waals surface area contributed by atoms with Gasteiger partial charge in [-0.3, -0.25) is 0 Å². The summed E-state index contributed by atoms with van der Waals surface area (Å²) in [5.41, 5.74) is 6.88. The zero-order valence-corrected chi connectivity index (χ0v) is 7.80. The number of aliphatic hydroxyl groups is 3. The predicted molar refractivity (Wildman–Crippen MR) is 52.4 cm³/mol. The summed E-state index contributed by atoms with van der Waals surface area (Å²) in [5.74, 6) is 0. The van der Waals surface area contributed by atoms with Gasteiger partial charge in [-0.1, -0.05) is 24.3 Å². The molecule has 0 aliphatic rings. The highest BCUT2D eigenvalue weighted by molar-refractivity contribution is 5.25. The van der Waals surface area contributed by atoms with Crippen LogP contribution in [0.25, 0.3) is 0 Å². The maximum absolute atomic E-state index is 9.56. The van der Waals surface area contributed by atoms with Gasteiger partial charge in [-0.15, -0.1) is 0 Å². The standard InChI is InChI=1S/C10H15NO3/c11-5-7-2-1-3-8(4-7)10(14)9(13)6-12/h1-4,9-10,12-14H,5-6,11H2. The number of aliphatic hydroxyl groups excluding tert-OH is 3. The molecule has 78 valence electrons. The largest absolute Gasteiger partial charge is 0.394 e. The normalized spacial score (nSPS) is 15.1. The van der Waals surface area contributed by atoms with E-state index in [1.54, 1.807) is 18.2 Å². The molecule has 4 nitrogen and oxygen atoms in total. The summed E-state index contributed by atoms with van der Waals surface area (Å²) in [7, 11) is 0. The zero-order valence-electron chi connectivity index (χ0n) is 7.80. The summed E-state index contributed by atoms with van der Waals surface area (Å²) >= 11 is 0. The first-order chi connectivity index (χ1) is 6.69. The lowest BCUT2D eigenvalue weighted by atomic mass is 10.0. The fraction of sp³-hybridized carbons (Fsp3) is 0.400. The first-order valence-electron chi connectivity index (χ1n) is 4.45. The predicted octanol–water partition coefficient (Wildman–Crippen LogP) is -0.468. The summed E-state index contributed by atoms with van der Waals surface area (Å²) in [6.45, 7) is -0.0796. The number of hydrogen-bond donors (Lipinski definition) is 4. The Morgan fingerprint density at radius 1 is 1.29 bits per heavy atom.